The molecule has 1 saturated heterocycles. The van der Waals surface area contributed by atoms with Crippen LogP contribution in [-0.4, -0.2) is 33.9 Å². The summed E-state index contributed by atoms with van der Waals surface area (Å²) in [5.41, 5.74) is 6.82. The Morgan fingerprint density at radius 3 is 2.41 bits per heavy atom. The van der Waals surface area contributed by atoms with Crippen LogP contribution in [0.25, 0.3) is 11.8 Å². The van der Waals surface area contributed by atoms with Crippen molar-refractivity contribution in [1.82, 2.24) is 14.8 Å². The summed E-state index contributed by atoms with van der Waals surface area (Å²) >= 11 is 2.31. The molecule has 1 aliphatic heterocycles. The summed E-state index contributed by atoms with van der Waals surface area (Å²) in [5.74, 6) is -0.972. The number of rotatable bonds is 5. The Hall–Kier alpha value is -3.40. The Bertz CT molecular complexity index is 1340. The fraction of sp³-hybridized carbons (Fsp3) is 0.192. The van der Waals surface area contributed by atoms with Gasteiger partial charge in [-0.15, -0.1) is 0 Å². The monoisotopic (exact) mass is 568 g/mol. The van der Waals surface area contributed by atoms with Crippen molar-refractivity contribution >= 4 is 52.2 Å². The Kier molecular flexibility index (Phi) is 6.60. The van der Waals surface area contributed by atoms with Gasteiger partial charge in [0.1, 0.15) is 12.2 Å². The third kappa shape index (κ3) is 4.77. The summed E-state index contributed by atoms with van der Waals surface area (Å²) in [6, 6.07) is 14.9. The maximum absolute atomic E-state index is 12.9. The first-order valence-corrected chi connectivity index (χ1v) is 11.9. The van der Waals surface area contributed by atoms with E-state index in [9.17, 15) is 14.4 Å². The van der Waals surface area contributed by atoms with Crippen molar-refractivity contribution in [3.05, 3.63) is 85.9 Å². The minimum atomic E-state index is -0.614. The summed E-state index contributed by atoms with van der Waals surface area (Å²) in [6.45, 7) is 7.63. The van der Waals surface area contributed by atoms with E-state index in [0.29, 0.717) is 5.69 Å². The number of aryl methyl sites for hydroxylation is 3. The summed E-state index contributed by atoms with van der Waals surface area (Å²) < 4.78 is 3.31. The van der Waals surface area contributed by atoms with E-state index >= 15 is 0 Å². The first-order chi connectivity index (χ1) is 16.1. The second-order valence-corrected chi connectivity index (χ2v) is 9.55. The zero-order chi connectivity index (χ0) is 24.6. The number of aromatic nitrogens is 1. The molecular formula is C26H25IN4O3. The second kappa shape index (κ2) is 9.46. The maximum atomic E-state index is 12.9. The number of nitrogens with one attached hydrogen (secondary N) is 2. The van der Waals surface area contributed by atoms with Crippen LogP contribution in [-0.2, 0) is 9.59 Å². The molecule has 8 heteroatoms. The second-order valence-electron chi connectivity index (χ2n) is 8.39. The summed E-state index contributed by atoms with van der Waals surface area (Å²) in [6.07, 6.45) is 1.66. The fourth-order valence-electron chi connectivity index (χ4n) is 3.95. The molecule has 0 spiro atoms. The summed E-state index contributed by atoms with van der Waals surface area (Å²) in [4.78, 5) is 38.7. The predicted molar refractivity (Wildman–Crippen MR) is 141 cm³/mol. The SMILES string of the molecule is Cc1ccc(NC(=O)CN2C(=O)N/C(=C\c3cc(C)n(-c4ccc(I)c(C)c4)c3C)C2=O)cc1. The molecule has 2 heterocycles. The van der Waals surface area contributed by atoms with E-state index in [0.717, 1.165) is 33.1 Å². The fourth-order valence-corrected chi connectivity index (χ4v) is 4.29. The van der Waals surface area contributed by atoms with Crippen molar-refractivity contribution in [3.63, 3.8) is 0 Å². The van der Waals surface area contributed by atoms with Gasteiger partial charge in [-0.3, -0.25) is 9.59 Å². The number of amides is 4. The molecule has 34 heavy (non-hydrogen) atoms. The Balaban J connectivity index is 1.53. The van der Waals surface area contributed by atoms with Gasteiger partial charge in [0.2, 0.25) is 5.91 Å². The van der Waals surface area contributed by atoms with E-state index in [1.165, 1.54) is 9.13 Å². The van der Waals surface area contributed by atoms with Gasteiger partial charge in [-0.2, -0.15) is 0 Å². The lowest BCUT2D eigenvalue weighted by atomic mass is 10.2. The number of urea groups is 1. The van der Waals surface area contributed by atoms with E-state index in [-0.39, 0.29) is 12.2 Å². The number of hydrogen-bond donors (Lipinski definition) is 2. The Morgan fingerprint density at radius 1 is 1.03 bits per heavy atom. The Labute approximate surface area is 212 Å². The zero-order valence-electron chi connectivity index (χ0n) is 19.4. The molecule has 4 rings (SSSR count). The van der Waals surface area contributed by atoms with E-state index in [1.807, 2.05) is 39.0 Å². The first-order valence-electron chi connectivity index (χ1n) is 10.8. The largest absolute Gasteiger partial charge is 0.329 e. The molecule has 174 valence electrons. The van der Waals surface area contributed by atoms with Gasteiger partial charge in [-0.1, -0.05) is 17.7 Å². The number of anilines is 1. The van der Waals surface area contributed by atoms with E-state index in [2.05, 4.69) is 62.9 Å². The van der Waals surface area contributed by atoms with E-state index in [4.69, 9.17) is 0 Å². The standard InChI is InChI=1S/C26H25IN4O3/c1-15-5-7-20(8-6-15)28-24(32)14-30-25(33)23(29-26(30)34)13-19-12-17(3)31(18(19)4)21-9-10-22(27)16(2)11-21/h5-13H,14H2,1-4H3,(H,28,32)(H,29,34)/b23-13-. The third-order valence-corrected chi connectivity index (χ3v) is 6.98. The number of carbonyl (C=O) groups is 3. The van der Waals surface area contributed by atoms with E-state index < -0.39 is 17.8 Å². The van der Waals surface area contributed by atoms with Gasteiger partial charge in [0.15, 0.2) is 0 Å². The first kappa shape index (κ1) is 23.7. The number of hydrogen-bond acceptors (Lipinski definition) is 3. The molecule has 7 nitrogen and oxygen atoms in total. The van der Waals surface area contributed by atoms with Gasteiger partial charge < -0.3 is 15.2 Å². The molecule has 0 unspecified atom stereocenters. The lowest BCUT2D eigenvalue weighted by Crippen LogP contribution is -2.38. The highest BCUT2D eigenvalue weighted by Crippen LogP contribution is 2.25. The average Bonchev–Trinajstić information content (AvgIpc) is 3.21. The molecule has 1 aromatic heterocycles. The normalized spacial score (nSPS) is 14.6. The van der Waals surface area contributed by atoms with Crippen LogP contribution in [0.15, 0.2) is 54.2 Å². The van der Waals surface area contributed by atoms with Crippen LogP contribution in [0.5, 0.6) is 0 Å². The molecular weight excluding hydrogens is 543 g/mol. The van der Waals surface area contributed by atoms with Gasteiger partial charge in [-0.05, 0) is 104 Å². The smallest absolute Gasteiger partial charge is 0.325 e. The van der Waals surface area contributed by atoms with Crippen LogP contribution in [0.4, 0.5) is 10.5 Å². The van der Waals surface area contributed by atoms with Gasteiger partial charge in [-0.25, -0.2) is 9.69 Å². The molecule has 3 aromatic rings. The van der Waals surface area contributed by atoms with Crippen LogP contribution in [0.3, 0.4) is 0 Å². The number of halogens is 1. The van der Waals surface area contributed by atoms with Crippen LogP contribution in [0.2, 0.25) is 0 Å². The molecule has 1 fully saturated rings. The molecule has 1 aliphatic rings. The molecule has 4 amide bonds. The van der Waals surface area contributed by atoms with Crippen molar-refractivity contribution < 1.29 is 14.4 Å². The van der Waals surface area contributed by atoms with Crippen LogP contribution in [0, 0.1) is 31.3 Å². The van der Waals surface area contributed by atoms with Gasteiger partial charge >= 0.3 is 6.03 Å². The van der Waals surface area contributed by atoms with Crippen LogP contribution >= 0.6 is 22.6 Å². The van der Waals surface area contributed by atoms with Gasteiger partial charge in [0.25, 0.3) is 5.91 Å². The van der Waals surface area contributed by atoms with Crippen LogP contribution < -0.4 is 10.6 Å². The minimum Gasteiger partial charge on any atom is -0.325 e. The van der Waals surface area contributed by atoms with Gasteiger partial charge in [0, 0.05) is 26.3 Å². The minimum absolute atomic E-state index is 0.146. The lowest BCUT2D eigenvalue weighted by Gasteiger charge is -2.12. The van der Waals surface area contributed by atoms with Crippen molar-refractivity contribution in [2.24, 2.45) is 0 Å². The zero-order valence-corrected chi connectivity index (χ0v) is 21.6. The topological polar surface area (TPSA) is 83.4 Å². The van der Waals surface area contributed by atoms with Crippen molar-refractivity contribution in [2.75, 3.05) is 11.9 Å². The summed E-state index contributed by atoms with van der Waals surface area (Å²) in [5, 5.41) is 5.31. The third-order valence-electron chi connectivity index (χ3n) is 5.77. The molecule has 0 radical (unpaired) electrons. The number of benzene rings is 2. The highest BCUT2D eigenvalue weighted by atomic mass is 127. The lowest BCUT2D eigenvalue weighted by molar-refractivity contribution is -0.127. The number of nitrogens with zero attached hydrogens (tertiary/aromatic N) is 2. The highest BCUT2D eigenvalue weighted by molar-refractivity contribution is 14.1. The summed E-state index contributed by atoms with van der Waals surface area (Å²) in [7, 11) is 0. The molecule has 0 bridgehead atoms. The average molecular weight is 568 g/mol. The quantitative estimate of drug-likeness (QED) is 0.263. The van der Waals surface area contributed by atoms with Gasteiger partial charge in [0.05, 0.1) is 0 Å². The molecule has 0 saturated carbocycles. The van der Waals surface area contributed by atoms with Crippen molar-refractivity contribution in [3.8, 4) is 5.69 Å². The van der Waals surface area contributed by atoms with Crippen LogP contribution in [0.1, 0.15) is 28.1 Å². The highest BCUT2D eigenvalue weighted by Gasteiger charge is 2.35. The van der Waals surface area contributed by atoms with Crippen molar-refractivity contribution in [1.29, 1.82) is 0 Å². The van der Waals surface area contributed by atoms with E-state index in [1.54, 1.807) is 18.2 Å². The number of imide groups is 1. The van der Waals surface area contributed by atoms with Crippen molar-refractivity contribution in [2.45, 2.75) is 27.7 Å². The maximum Gasteiger partial charge on any atom is 0.329 e. The molecule has 0 atom stereocenters. The molecule has 2 aromatic carbocycles. The molecule has 0 aliphatic carbocycles. The number of carbonyl (C=O) groups excluding carboxylic acids is 3. The predicted octanol–water partition coefficient (Wildman–Crippen LogP) is 4.85. The Morgan fingerprint density at radius 2 is 1.74 bits per heavy atom. The molecule has 2 N–H and O–H groups in total.